The van der Waals surface area contributed by atoms with Crippen LogP contribution in [-0.4, -0.2) is 63.7 Å². The molecule has 1 atom stereocenters. The van der Waals surface area contributed by atoms with E-state index in [4.69, 9.17) is 14.6 Å². The van der Waals surface area contributed by atoms with E-state index < -0.39 is 0 Å². The van der Waals surface area contributed by atoms with E-state index in [1.54, 1.807) is 0 Å². The molecule has 0 bridgehead atoms. The summed E-state index contributed by atoms with van der Waals surface area (Å²) in [5.74, 6) is 0.942. The number of hydrogen-bond donors (Lipinski definition) is 3. The largest absolute Gasteiger partial charge is 0.396 e. The zero-order valence-electron chi connectivity index (χ0n) is 14.3. The highest BCUT2D eigenvalue weighted by atomic mass is 127. The number of hydrogen-bond acceptors (Lipinski definition) is 4. The van der Waals surface area contributed by atoms with Crippen LogP contribution < -0.4 is 10.6 Å². The molecule has 22 heavy (non-hydrogen) atoms. The van der Waals surface area contributed by atoms with Crippen molar-refractivity contribution in [3.8, 4) is 0 Å². The molecule has 0 aliphatic rings. The van der Waals surface area contributed by atoms with Gasteiger partial charge in [0, 0.05) is 32.8 Å². The number of nitrogens with zero attached hydrogens (tertiary/aromatic N) is 1. The third-order valence-electron chi connectivity index (χ3n) is 2.77. The molecule has 0 aliphatic carbocycles. The fraction of sp³-hybridized carbons (Fsp3) is 0.933. The monoisotopic (exact) mass is 431 g/mol. The van der Waals surface area contributed by atoms with Crippen molar-refractivity contribution in [3.05, 3.63) is 0 Å². The fourth-order valence-corrected chi connectivity index (χ4v) is 1.46. The lowest BCUT2D eigenvalue weighted by Crippen LogP contribution is -2.39. The zero-order chi connectivity index (χ0) is 15.8. The quantitative estimate of drug-likeness (QED) is 0.179. The van der Waals surface area contributed by atoms with Crippen LogP contribution in [0.25, 0.3) is 0 Å². The average Bonchev–Trinajstić information content (AvgIpc) is 2.50. The van der Waals surface area contributed by atoms with Crippen LogP contribution in [0.2, 0.25) is 0 Å². The van der Waals surface area contributed by atoms with Crippen LogP contribution in [0.3, 0.4) is 0 Å². The highest BCUT2D eigenvalue weighted by molar-refractivity contribution is 14.0. The Morgan fingerprint density at radius 1 is 1.09 bits per heavy atom. The Kier molecular flexibility index (Phi) is 20.8. The minimum Gasteiger partial charge on any atom is -0.396 e. The van der Waals surface area contributed by atoms with Gasteiger partial charge in [0.25, 0.3) is 0 Å². The maximum Gasteiger partial charge on any atom is 0.191 e. The topological polar surface area (TPSA) is 75.1 Å². The van der Waals surface area contributed by atoms with Crippen molar-refractivity contribution in [2.45, 2.75) is 33.6 Å². The van der Waals surface area contributed by atoms with Crippen molar-refractivity contribution in [1.82, 2.24) is 10.6 Å². The Bertz CT molecular complexity index is 256. The van der Waals surface area contributed by atoms with Crippen LogP contribution in [0.5, 0.6) is 0 Å². The van der Waals surface area contributed by atoms with E-state index >= 15 is 0 Å². The molecule has 0 saturated heterocycles. The minimum atomic E-state index is 0. The molecular weight excluding hydrogens is 397 g/mol. The Hall–Kier alpha value is -0.120. The third-order valence-corrected chi connectivity index (χ3v) is 2.77. The number of halogens is 1. The van der Waals surface area contributed by atoms with Gasteiger partial charge in [0.15, 0.2) is 5.96 Å². The highest BCUT2D eigenvalue weighted by Gasteiger charge is 2.00. The normalized spacial score (nSPS) is 12.6. The number of aliphatic hydroxyl groups is 1. The predicted octanol–water partition coefficient (Wildman–Crippen LogP) is 1.62. The van der Waals surface area contributed by atoms with Crippen molar-refractivity contribution >= 4 is 29.9 Å². The van der Waals surface area contributed by atoms with Crippen LogP contribution in [0.15, 0.2) is 4.99 Å². The van der Waals surface area contributed by atoms with Crippen molar-refractivity contribution in [2.75, 3.05) is 52.7 Å². The van der Waals surface area contributed by atoms with Gasteiger partial charge >= 0.3 is 0 Å². The molecule has 7 heteroatoms. The first-order chi connectivity index (χ1) is 10.2. The summed E-state index contributed by atoms with van der Waals surface area (Å²) in [6, 6.07) is 0. The molecule has 0 saturated carbocycles. The van der Waals surface area contributed by atoms with E-state index in [1.165, 1.54) is 0 Å². The first-order valence-corrected chi connectivity index (χ1v) is 8.03. The lowest BCUT2D eigenvalue weighted by Gasteiger charge is -2.12. The molecule has 0 heterocycles. The summed E-state index contributed by atoms with van der Waals surface area (Å²) in [5.41, 5.74) is 0. The number of nitrogens with one attached hydrogen (secondary N) is 2. The molecule has 0 radical (unpaired) electrons. The highest BCUT2D eigenvalue weighted by Crippen LogP contribution is 1.92. The maximum atomic E-state index is 8.99. The Labute approximate surface area is 152 Å². The molecule has 0 aliphatic heterocycles. The zero-order valence-corrected chi connectivity index (χ0v) is 16.6. The van der Waals surface area contributed by atoms with Crippen LogP contribution in [-0.2, 0) is 9.47 Å². The van der Waals surface area contributed by atoms with Gasteiger partial charge < -0.3 is 25.2 Å². The van der Waals surface area contributed by atoms with Crippen LogP contribution in [0.4, 0.5) is 0 Å². The smallest absolute Gasteiger partial charge is 0.191 e. The van der Waals surface area contributed by atoms with Gasteiger partial charge in [-0.25, -0.2) is 0 Å². The molecular formula is C15H34IN3O3. The van der Waals surface area contributed by atoms with Gasteiger partial charge in [-0.15, -0.1) is 24.0 Å². The lowest BCUT2D eigenvalue weighted by atomic mass is 10.2. The van der Waals surface area contributed by atoms with E-state index in [0.717, 1.165) is 32.0 Å². The van der Waals surface area contributed by atoms with E-state index in [-0.39, 0.29) is 36.5 Å². The minimum absolute atomic E-state index is 0. The first-order valence-electron chi connectivity index (χ1n) is 8.03. The summed E-state index contributed by atoms with van der Waals surface area (Å²) >= 11 is 0. The molecule has 0 amide bonds. The second-order valence-electron chi connectivity index (χ2n) is 5.01. The number of rotatable bonds is 13. The Morgan fingerprint density at radius 2 is 1.77 bits per heavy atom. The number of guanidine groups is 1. The second-order valence-corrected chi connectivity index (χ2v) is 5.01. The third kappa shape index (κ3) is 16.3. The van der Waals surface area contributed by atoms with Gasteiger partial charge in [-0.1, -0.05) is 20.3 Å². The molecule has 6 nitrogen and oxygen atoms in total. The molecule has 0 aromatic heterocycles. The molecule has 0 aromatic carbocycles. The van der Waals surface area contributed by atoms with Gasteiger partial charge in [0.05, 0.1) is 19.8 Å². The van der Waals surface area contributed by atoms with Crippen molar-refractivity contribution < 1.29 is 14.6 Å². The summed E-state index contributed by atoms with van der Waals surface area (Å²) in [6.45, 7) is 11.1. The number of ether oxygens (including phenoxy) is 2. The average molecular weight is 431 g/mol. The van der Waals surface area contributed by atoms with Gasteiger partial charge in [-0.3, -0.25) is 4.99 Å². The van der Waals surface area contributed by atoms with Gasteiger partial charge in [-0.05, 0) is 19.3 Å². The predicted molar refractivity (Wildman–Crippen MR) is 102 cm³/mol. The summed E-state index contributed by atoms with van der Waals surface area (Å²) < 4.78 is 10.9. The summed E-state index contributed by atoms with van der Waals surface area (Å²) in [7, 11) is 0. The number of aliphatic hydroxyl groups excluding tert-OH is 1. The number of aliphatic imine (C=N–C) groups is 1. The standard InChI is InChI=1S/C15H33N3O3.HI/c1-4-6-8-20-10-11-21-9-7-17-15(16-5-2)18-12-14(3)13-19;/h14,19H,4-13H2,1-3H3,(H2,16,17,18);1H. The maximum absolute atomic E-state index is 8.99. The lowest BCUT2D eigenvalue weighted by molar-refractivity contribution is 0.0487. The summed E-state index contributed by atoms with van der Waals surface area (Å²) in [6.07, 6.45) is 2.27. The van der Waals surface area contributed by atoms with Crippen LogP contribution >= 0.6 is 24.0 Å². The molecule has 3 N–H and O–H groups in total. The van der Waals surface area contributed by atoms with E-state index in [1.807, 2.05) is 13.8 Å². The molecule has 0 aromatic rings. The first kappa shape index (κ1) is 24.1. The molecule has 0 rings (SSSR count). The summed E-state index contributed by atoms with van der Waals surface area (Å²) in [4.78, 5) is 4.41. The van der Waals surface area contributed by atoms with Gasteiger partial charge in [0.2, 0.25) is 0 Å². The van der Waals surface area contributed by atoms with Crippen molar-refractivity contribution in [2.24, 2.45) is 10.9 Å². The Balaban J connectivity index is 0. The number of unbranched alkanes of at least 4 members (excludes halogenated alkanes) is 1. The molecule has 1 unspecified atom stereocenters. The van der Waals surface area contributed by atoms with Gasteiger partial charge in [0.1, 0.15) is 0 Å². The molecule has 0 spiro atoms. The van der Waals surface area contributed by atoms with Crippen LogP contribution in [0.1, 0.15) is 33.6 Å². The van der Waals surface area contributed by atoms with E-state index in [9.17, 15) is 0 Å². The van der Waals surface area contributed by atoms with Crippen molar-refractivity contribution in [1.29, 1.82) is 0 Å². The SMILES string of the molecule is CCCCOCCOCCNC(=NCC(C)CO)NCC.I. The van der Waals surface area contributed by atoms with Crippen molar-refractivity contribution in [3.63, 3.8) is 0 Å². The Morgan fingerprint density at radius 3 is 2.36 bits per heavy atom. The molecule has 134 valence electrons. The fourth-order valence-electron chi connectivity index (χ4n) is 1.46. The molecule has 0 fully saturated rings. The van der Waals surface area contributed by atoms with E-state index in [2.05, 4.69) is 22.5 Å². The van der Waals surface area contributed by atoms with E-state index in [0.29, 0.717) is 32.9 Å². The van der Waals surface area contributed by atoms with Crippen LogP contribution in [0, 0.1) is 5.92 Å². The summed E-state index contributed by atoms with van der Waals surface area (Å²) in [5, 5.41) is 15.4. The second kappa shape index (κ2) is 18.9. The van der Waals surface area contributed by atoms with Gasteiger partial charge in [-0.2, -0.15) is 0 Å².